The molecule has 2 heteroatoms. The lowest BCUT2D eigenvalue weighted by atomic mass is 10.1. The molecular formula is C12H9NO. The first-order valence-electron chi connectivity index (χ1n) is 4.63. The van der Waals surface area contributed by atoms with Crippen LogP contribution < -0.4 is 16.4 Å². The van der Waals surface area contributed by atoms with Gasteiger partial charge in [-0.2, -0.15) is 0 Å². The fraction of sp³-hybridized carbons (Fsp3) is 0.167. The van der Waals surface area contributed by atoms with Gasteiger partial charge in [0.15, 0.2) is 0 Å². The molecule has 0 aliphatic heterocycles. The van der Waals surface area contributed by atoms with Crippen molar-refractivity contribution in [1.29, 1.82) is 0 Å². The minimum atomic E-state index is 0.0760. The summed E-state index contributed by atoms with van der Waals surface area (Å²) in [5, 5.41) is 2.12. The van der Waals surface area contributed by atoms with Gasteiger partial charge in [0, 0.05) is 11.3 Å². The van der Waals surface area contributed by atoms with E-state index in [0.29, 0.717) is 0 Å². The summed E-state index contributed by atoms with van der Waals surface area (Å²) in [5.41, 5.74) is 7.53. The summed E-state index contributed by atoms with van der Waals surface area (Å²) in [6, 6.07) is 9.77. The molecule has 1 aliphatic carbocycles. The van der Waals surface area contributed by atoms with Crippen LogP contribution in [0.15, 0.2) is 16.5 Å². The SMILES string of the molecule is NC1C=c2oc3ccc#cc3c2=CC1. The van der Waals surface area contributed by atoms with Gasteiger partial charge in [0.05, 0.1) is 5.39 Å². The van der Waals surface area contributed by atoms with Gasteiger partial charge in [-0.3, -0.25) is 0 Å². The van der Waals surface area contributed by atoms with E-state index in [9.17, 15) is 0 Å². The van der Waals surface area contributed by atoms with Crippen molar-refractivity contribution in [2.75, 3.05) is 0 Å². The van der Waals surface area contributed by atoms with Gasteiger partial charge in [0.2, 0.25) is 0 Å². The standard InChI is InChI=1S/C12H9NO/c13-8-5-6-10-9-3-1-2-4-11(9)14-12(10)7-8/h2,4,6-8H,5,13H2. The van der Waals surface area contributed by atoms with Crippen LogP contribution in [0.2, 0.25) is 0 Å². The van der Waals surface area contributed by atoms with Crippen molar-refractivity contribution < 1.29 is 4.42 Å². The van der Waals surface area contributed by atoms with E-state index < -0.39 is 0 Å². The first-order chi connectivity index (χ1) is 6.84. The van der Waals surface area contributed by atoms with Crippen molar-refractivity contribution in [2.45, 2.75) is 12.5 Å². The predicted molar refractivity (Wildman–Crippen MR) is 54.7 cm³/mol. The molecule has 0 saturated carbocycles. The molecule has 2 N–H and O–H groups in total. The zero-order chi connectivity index (χ0) is 9.54. The second kappa shape index (κ2) is 2.63. The molecule has 1 aliphatic rings. The monoisotopic (exact) mass is 183 g/mol. The Balaban J connectivity index is 2.52. The van der Waals surface area contributed by atoms with Gasteiger partial charge in [-0.15, -0.1) is 0 Å². The van der Waals surface area contributed by atoms with E-state index in [-0.39, 0.29) is 6.04 Å². The molecule has 1 aromatic carbocycles. The smallest absolute Gasteiger partial charge is 0.144 e. The van der Waals surface area contributed by atoms with Gasteiger partial charge in [-0.25, -0.2) is 0 Å². The number of nitrogens with two attached hydrogens (primary N) is 1. The molecule has 1 unspecified atom stereocenters. The Bertz CT molecular complexity index is 594. The third-order valence-corrected chi connectivity index (χ3v) is 2.48. The Morgan fingerprint density at radius 3 is 3.36 bits per heavy atom. The fourth-order valence-electron chi connectivity index (χ4n) is 1.80. The van der Waals surface area contributed by atoms with Crippen LogP contribution >= 0.6 is 0 Å². The molecule has 2 nitrogen and oxygen atoms in total. The maximum absolute atomic E-state index is 5.81. The molecule has 2 aromatic rings. The lowest BCUT2D eigenvalue weighted by Crippen LogP contribution is -2.31. The summed E-state index contributed by atoms with van der Waals surface area (Å²) in [4.78, 5) is 0. The van der Waals surface area contributed by atoms with Gasteiger partial charge >= 0.3 is 0 Å². The number of furan rings is 1. The van der Waals surface area contributed by atoms with Crippen LogP contribution in [0.1, 0.15) is 6.42 Å². The fourth-order valence-corrected chi connectivity index (χ4v) is 1.80. The molecule has 0 saturated heterocycles. The van der Waals surface area contributed by atoms with Crippen molar-refractivity contribution in [1.82, 2.24) is 0 Å². The lowest BCUT2D eigenvalue weighted by Gasteiger charge is -2.02. The van der Waals surface area contributed by atoms with Crippen molar-refractivity contribution in [3.63, 3.8) is 0 Å². The van der Waals surface area contributed by atoms with Gasteiger partial charge in [0.1, 0.15) is 11.0 Å². The normalized spacial score (nSPS) is 19.4. The minimum absolute atomic E-state index is 0.0760. The number of hydrogen-bond acceptors (Lipinski definition) is 2. The molecule has 14 heavy (non-hydrogen) atoms. The minimum Gasteiger partial charge on any atom is -0.456 e. The van der Waals surface area contributed by atoms with Gasteiger partial charge < -0.3 is 10.2 Å². The van der Waals surface area contributed by atoms with E-state index in [0.717, 1.165) is 28.0 Å². The Kier molecular flexibility index (Phi) is 1.44. The molecule has 1 heterocycles. The van der Waals surface area contributed by atoms with Gasteiger partial charge in [-0.05, 0) is 24.6 Å². The molecule has 0 bridgehead atoms. The van der Waals surface area contributed by atoms with E-state index in [1.165, 1.54) is 0 Å². The van der Waals surface area contributed by atoms with Crippen LogP contribution in [0.4, 0.5) is 0 Å². The number of rotatable bonds is 0. The highest BCUT2D eigenvalue weighted by molar-refractivity contribution is 5.77. The first-order valence-corrected chi connectivity index (χ1v) is 4.63. The Morgan fingerprint density at radius 2 is 2.43 bits per heavy atom. The molecule has 1 aromatic heterocycles. The van der Waals surface area contributed by atoms with E-state index in [2.05, 4.69) is 18.2 Å². The second-order valence-electron chi connectivity index (χ2n) is 3.49. The third kappa shape index (κ3) is 0.966. The molecule has 0 spiro atoms. The molecule has 1 atom stereocenters. The van der Waals surface area contributed by atoms with E-state index in [4.69, 9.17) is 10.2 Å². The average Bonchev–Trinajstić information content (AvgIpc) is 2.54. The molecular weight excluding hydrogens is 174 g/mol. The van der Waals surface area contributed by atoms with Crippen LogP contribution in [0.5, 0.6) is 0 Å². The van der Waals surface area contributed by atoms with Gasteiger partial charge in [0.25, 0.3) is 0 Å². The summed E-state index contributed by atoms with van der Waals surface area (Å²) < 4.78 is 5.64. The Morgan fingerprint density at radius 1 is 1.50 bits per heavy atom. The molecule has 0 radical (unpaired) electrons. The summed E-state index contributed by atoms with van der Waals surface area (Å²) in [6.07, 6.45) is 4.93. The quantitative estimate of drug-likeness (QED) is 0.639. The van der Waals surface area contributed by atoms with Crippen molar-refractivity contribution in [3.8, 4) is 0 Å². The zero-order valence-electron chi connectivity index (χ0n) is 7.58. The average molecular weight is 183 g/mol. The van der Waals surface area contributed by atoms with E-state index in [1.807, 2.05) is 12.1 Å². The summed E-state index contributed by atoms with van der Waals surface area (Å²) >= 11 is 0. The van der Waals surface area contributed by atoms with Crippen LogP contribution in [-0.4, -0.2) is 6.04 Å². The maximum atomic E-state index is 5.81. The Hall–Kier alpha value is -1.72. The van der Waals surface area contributed by atoms with E-state index >= 15 is 0 Å². The Labute approximate surface area is 81.3 Å². The van der Waals surface area contributed by atoms with Crippen molar-refractivity contribution >= 4 is 23.1 Å². The van der Waals surface area contributed by atoms with Crippen LogP contribution in [-0.2, 0) is 0 Å². The molecule has 0 amide bonds. The van der Waals surface area contributed by atoms with E-state index in [1.54, 1.807) is 6.07 Å². The predicted octanol–water partition coefficient (Wildman–Crippen LogP) is 0.325. The first kappa shape index (κ1) is 7.66. The van der Waals surface area contributed by atoms with Crippen molar-refractivity contribution in [2.24, 2.45) is 5.73 Å². The van der Waals surface area contributed by atoms with Crippen LogP contribution in [0, 0.1) is 12.1 Å². The number of hydrogen-bond donors (Lipinski definition) is 1. The van der Waals surface area contributed by atoms with Crippen LogP contribution in [0.25, 0.3) is 23.1 Å². The summed E-state index contributed by atoms with van der Waals surface area (Å²) in [7, 11) is 0. The molecule has 0 fully saturated rings. The highest BCUT2D eigenvalue weighted by Gasteiger charge is 2.07. The zero-order valence-corrected chi connectivity index (χ0v) is 7.58. The molecule has 68 valence electrons. The largest absolute Gasteiger partial charge is 0.456 e. The third-order valence-electron chi connectivity index (χ3n) is 2.48. The highest BCUT2D eigenvalue weighted by Crippen LogP contribution is 2.06. The maximum Gasteiger partial charge on any atom is 0.144 e. The lowest BCUT2D eigenvalue weighted by molar-refractivity contribution is 0.569. The number of fused-ring (bicyclic) bond motifs is 3. The summed E-state index contributed by atoms with van der Waals surface area (Å²) in [6.45, 7) is 0. The summed E-state index contributed by atoms with van der Waals surface area (Å²) in [5.74, 6) is 0. The topological polar surface area (TPSA) is 39.2 Å². The van der Waals surface area contributed by atoms with Crippen molar-refractivity contribution in [3.05, 3.63) is 34.9 Å². The highest BCUT2D eigenvalue weighted by atomic mass is 16.3. The van der Waals surface area contributed by atoms with Gasteiger partial charge in [-0.1, -0.05) is 18.2 Å². The molecule has 3 rings (SSSR count). The van der Waals surface area contributed by atoms with Crippen LogP contribution in [0.3, 0.4) is 0 Å². The second-order valence-corrected chi connectivity index (χ2v) is 3.49.